The zero-order chi connectivity index (χ0) is 14.4. The zero-order valence-electron chi connectivity index (χ0n) is 10.7. The Balaban J connectivity index is 1.97. The number of pyridine rings is 1. The van der Waals surface area contributed by atoms with Crippen LogP contribution in [0.3, 0.4) is 0 Å². The maximum atomic E-state index is 11.8. The van der Waals surface area contributed by atoms with Gasteiger partial charge in [0.15, 0.2) is 0 Å². The van der Waals surface area contributed by atoms with Gasteiger partial charge >= 0.3 is 5.97 Å². The van der Waals surface area contributed by atoms with E-state index < -0.39 is 5.97 Å². The second kappa shape index (κ2) is 6.47. The number of rotatable bonds is 5. The minimum atomic E-state index is -1.03. The van der Waals surface area contributed by atoms with Crippen LogP contribution in [-0.4, -0.2) is 22.0 Å². The van der Waals surface area contributed by atoms with Gasteiger partial charge < -0.3 is 10.4 Å². The monoisotopic (exact) mass is 270 g/mol. The van der Waals surface area contributed by atoms with Crippen molar-refractivity contribution in [2.75, 3.05) is 0 Å². The van der Waals surface area contributed by atoms with E-state index in [-0.39, 0.29) is 17.9 Å². The van der Waals surface area contributed by atoms with Gasteiger partial charge in [-0.15, -0.1) is 0 Å². The summed E-state index contributed by atoms with van der Waals surface area (Å²) in [5.74, 6) is -1.26. The Hall–Kier alpha value is -2.69. The average molecular weight is 270 g/mol. The van der Waals surface area contributed by atoms with E-state index in [2.05, 4.69) is 10.3 Å². The molecule has 1 aromatic carbocycles. The van der Waals surface area contributed by atoms with Crippen LogP contribution >= 0.6 is 0 Å². The fraction of sp³-hybridized carbons (Fsp3) is 0.133. The minimum absolute atomic E-state index is 0.0370. The lowest BCUT2D eigenvalue weighted by Crippen LogP contribution is -2.25. The Morgan fingerprint density at radius 1 is 1.10 bits per heavy atom. The third-order valence-corrected chi connectivity index (χ3v) is 2.79. The van der Waals surface area contributed by atoms with Gasteiger partial charge in [0.2, 0.25) is 5.91 Å². The normalized spacial score (nSPS) is 10.0. The van der Waals surface area contributed by atoms with Crippen molar-refractivity contribution in [1.82, 2.24) is 10.3 Å². The first-order chi connectivity index (χ1) is 9.66. The summed E-state index contributed by atoms with van der Waals surface area (Å²) in [6, 6.07) is 11.9. The summed E-state index contributed by atoms with van der Waals surface area (Å²) in [4.78, 5) is 27.0. The van der Waals surface area contributed by atoms with Crippen molar-refractivity contribution in [2.24, 2.45) is 0 Å². The topological polar surface area (TPSA) is 79.3 Å². The van der Waals surface area contributed by atoms with Crippen molar-refractivity contribution in [1.29, 1.82) is 0 Å². The minimum Gasteiger partial charge on any atom is -0.478 e. The molecule has 0 radical (unpaired) electrons. The van der Waals surface area contributed by atoms with Gasteiger partial charge in [-0.3, -0.25) is 9.78 Å². The highest BCUT2D eigenvalue weighted by Gasteiger charge is 2.12. The van der Waals surface area contributed by atoms with Crippen LogP contribution in [0.5, 0.6) is 0 Å². The van der Waals surface area contributed by atoms with Crippen LogP contribution in [0, 0.1) is 0 Å². The van der Waals surface area contributed by atoms with E-state index in [1.165, 1.54) is 6.07 Å². The number of carbonyl (C=O) groups excluding carboxylic acids is 1. The number of carbonyl (C=O) groups is 2. The van der Waals surface area contributed by atoms with E-state index in [1.807, 2.05) is 12.1 Å². The summed E-state index contributed by atoms with van der Waals surface area (Å²) in [5.41, 5.74) is 1.41. The van der Waals surface area contributed by atoms with Gasteiger partial charge in [-0.2, -0.15) is 0 Å². The second-order valence-corrected chi connectivity index (χ2v) is 4.24. The maximum Gasteiger partial charge on any atom is 0.335 e. The molecule has 0 fully saturated rings. The van der Waals surface area contributed by atoms with E-state index in [4.69, 9.17) is 5.11 Å². The fourth-order valence-corrected chi connectivity index (χ4v) is 1.81. The Bertz CT molecular complexity index is 612. The molecule has 2 aromatic rings. The van der Waals surface area contributed by atoms with Crippen molar-refractivity contribution in [3.8, 4) is 0 Å². The van der Waals surface area contributed by atoms with E-state index in [1.54, 1.807) is 30.5 Å². The quantitative estimate of drug-likeness (QED) is 0.865. The highest BCUT2D eigenvalue weighted by atomic mass is 16.4. The molecular formula is C15H14N2O3. The van der Waals surface area contributed by atoms with Crippen molar-refractivity contribution in [3.05, 3.63) is 65.5 Å². The van der Waals surface area contributed by atoms with E-state index >= 15 is 0 Å². The molecule has 0 aliphatic rings. The van der Waals surface area contributed by atoms with Gasteiger partial charge in [0.1, 0.15) is 0 Å². The SMILES string of the molecule is O=C(Cc1ccccc1C(=O)O)NCc1ccccn1. The van der Waals surface area contributed by atoms with Crippen LogP contribution in [0.1, 0.15) is 21.6 Å². The Morgan fingerprint density at radius 3 is 2.55 bits per heavy atom. The smallest absolute Gasteiger partial charge is 0.335 e. The highest BCUT2D eigenvalue weighted by Crippen LogP contribution is 2.09. The number of carboxylic acids is 1. The molecule has 0 saturated carbocycles. The molecule has 0 saturated heterocycles. The molecular weight excluding hydrogens is 256 g/mol. The van der Waals surface area contributed by atoms with Crippen molar-refractivity contribution >= 4 is 11.9 Å². The summed E-state index contributed by atoms with van der Waals surface area (Å²) in [6.45, 7) is 0.328. The molecule has 1 aromatic heterocycles. The molecule has 0 aliphatic heterocycles. The molecule has 2 rings (SSSR count). The van der Waals surface area contributed by atoms with Gasteiger partial charge in [0, 0.05) is 6.20 Å². The van der Waals surface area contributed by atoms with Crippen LogP contribution in [-0.2, 0) is 17.8 Å². The summed E-state index contributed by atoms with van der Waals surface area (Å²) < 4.78 is 0. The summed E-state index contributed by atoms with van der Waals surface area (Å²) in [6.07, 6.45) is 1.69. The molecule has 0 aliphatic carbocycles. The second-order valence-electron chi connectivity index (χ2n) is 4.24. The number of hydrogen-bond donors (Lipinski definition) is 2. The van der Waals surface area contributed by atoms with Crippen LogP contribution in [0.2, 0.25) is 0 Å². The fourth-order valence-electron chi connectivity index (χ4n) is 1.81. The number of nitrogens with zero attached hydrogens (tertiary/aromatic N) is 1. The molecule has 0 spiro atoms. The van der Waals surface area contributed by atoms with Crippen molar-refractivity contribution in [3.63, 3.8) is 0 Å². The first-order valence-corrected chi connectivity index (χ1v) is 6.14. The lowest BCUT2D eigenvalue weighted by Gasteiger charge is -2.07. The molecule has 1 heterocycles. The maximum absolute atomic E-state index is 11.8. The van der Waals surface area contributed by atoms with E-state index in [9.17, 15) is 9.59 Å². The molecule has 1 amide bonds. The van der Waals surface area contributed by atoms with Gasteiger partial charge in [-0.1, -0.05) is 24.3 Å². The Morgan fingerprint density at radius 2 is 1.85 bits per heavy atom. The summed E-state index contributed by atoms with van der Waals surface area (Å²) >= 11 is 0. The standard InChI is InChI=1S/C15H14N2O3/c18-14(17-10-12-6-3-4-8-16-12)9-11-5-1-2-7-13(11)15(19)20/h1-8H,9-10H2,(H,17,18)(H,19,20). The van der Waals surface area contributed by atoms with Crippen molar-refractivity contribution < 1.29 is 14.7 Å². The number of nitrogens with one attached hydrogen (secondary N) is 1. The third-order valence-electron chi connectivity index (χ3n) is 2.79. The van der Waals surface area contributed by atoms with Crippen LogP contribution in [0.25, 0.3) is 0 Å². The lowest BCUT2D eigenvalue weighted by atomic mass is 10.0. The van der Waals surface area contributed by atoms with Gasteiger partial charge in [-0.05, 0) is 23.8 Å². The summed E-state index contributed by atoms with van der Waals surface area (Å²) in [7, 11) is 0. The largest absolute Gasteiger partial charge is 0.478 e. The van der Waals surface area contributed by atoms with E-state index in [0.29, 0.717) is 12.1 Å². The van der Waals surface area contributed by atoms with Gasteiger partial charge in [0.05, 0.1) is 24.2 Å². The average Bonchev–Trinajstić information content (AvgIpc) is 2.46. The number of benzene rings is 1. The molecule has 0 bridgehead atoms. The number of hydrogen-bond acceptors (Lipinski definition) is 3. The van der Waals surface area contributed by atoms with E-state index in [0.717, 1.165) is 5.69 Å². The summed E-state index contributed by atoms with van der Waals surface area (Å²) in [5, 5.41) is 11.8. The number of aromatic carboxylic acids is 1. The molecule has 102 valence electrons. The van der Waals surface area contributed by atoms with Gasteiger partial charge in [0.25, 0.3) is 0 Å². The van der Waals surface area contributed by atoms with Gasteiger partial charge in [-0.25, -0.2) is 4.79 Å². The molecule has 2 N–H and O–H groups in total. The predicted molar refractivity (Wildman–Crippen MR) is 73.2 cm³/mol. The predicted octanol–water partition coefficient (Wildman–Crippen LogP) is 1.64. The molecule has 20 heavy (non-hydrogen) atoms. The molecule has 5 nitrogen and oxygen atoms in total. The molecule has 5 heteroatoms. The number of amides is 1. The molecule has 0 atom stereocenters. The van der Waals surface area contributed by atoms with Crippen molar-refractivity contribution in [2.45, 2.75) is 13.0 Å². The third kappa shape index (κ3) is 3.65. The Labute approximate surface area is 116 Å². The molecule has 0 unspecified atom stereocenters. The van der Waals surface area contributed by atoms with Crippen LogP contribution in [0.4, 0.5) is 0 Å². The first-order valence-electron chi connectivity index (χ1n) is 6.14. The number of aromatic nitrogens is 1. The zero-order valence-corrected chi connectivity index (χ0v) is 10.7. The first kappa shape index (κ1) is 13.7. The Kier molecular flexibility index (Phi) is 4.44. The lowest BCUT2D eigenvalue weighted by molar-refractivity contribution is -0.120. The highest BCUT2D eigenvalue weighted by molar-refractivity contribution is 5.91. The van der Waals surface area contributed by atoms with Crippen LogP contribution < -0.4 is 5.32 Å². The number of carboxylic acid groups (broad SMARTS) is 1. The van der Waals surface area contributed by atoms with Crippen LogP contribution in [0.15, 0.2) is 48.7 Å².